The first-order valence-corrected chi connectivity index (χ1v) is 4.91. The van der Waals surface area contributed by atoms with E-state index in [-0.39, 0.29) is 16.0 Å². The number of nitro benzene ring substituents is 1. The first-order chi connectivity index (χ1) is 6.61. The molecule has 0 N–H and O–H groups in total. The van der Waals surface area contributed by atoms with Gasteiger partial charge in [-0.05, 0) is 19.8 Å². The second kappa shape index (κ2) is 4.96. The maximum Gasteiger partial charge on any atom is 0.272 e. The van der Waals surface area contributed by atoms with Crippen molar-refractivity contribution in [2.75, 3.05) is 0 Å². The maximum atomic E-state index is 10.6. The van der Waals surface area contributed by atoms with Gasteiger partial charge in [-0.2, -0.15) is 0 Å². The third kappa shape index (κ3) is 3.00. The van der Waals surface area contributed by atoms with Gasteiger partial charge in [-0.1, -0.05) is 18.2 Å². The Hall–Kier alpha value is -1.09. The molecule has 3 nitrogen and oxygen atoms in total. The number of hydrogen-bond acceptors (Lipinski definition) is 2. The Morgan fingerprint density at radius 1 is 1.50 bits per heavy atom. The molecule has 76 valence electrons. The monoisotopic (exact) mass is 213 g/mol. The molecule has 0 aliphatic heterocycles. The second-order valence-corrected chi connectivity index (χ2v) is 3.95. The number of halogens is 1. The Balaban J connectivity index is 2.79. The number of nitro groups is 1. The molecular weight excluding hydrogens is 202 g/mol. The molecule has 1 aromatic carbocycles. The molecule has 0 bridgehead atoms. The van der Waals surface area contributed by atoms with E-state index in [1.54, 1.807) is 18.2 Å². The first-order valence-electron chi connectivity index (χ1n) is 4.47. The van der Waals surface area contributed by atoms with Gasteiger partial charge in [0.05, 0.1) is 4.92 Å². The van der Waals surface area contributed by atoms with Crippen molar-refractivity contribution in [2.24, 2.45) is 0 Å². The average molecular weight is 214 g/mol. The fraction of sp³-hybridized carbons (Fsp3) is 0.400. The highest BCUT2D eigenvalue weighted by Crippen LogP contribution is 2.20. The van der Waals surface area contributed by atoms with Crippen molar-refractivity contribution in [2.45, 2.75) is 25.1 Å². The highest BCUT2D eigenvalue weighted by atomic mass is 35.5. The molecule has 4 heteroatoms. The Kier molecular flexibility index (Phi) is 3.89. The molecule has 1 rings (SSSR count). The Morgan fingerprint density at radius 2 is 2.14 bits per heavy atom. The zero-order chi connectivity index (χ0) is 10.6. The van der Waals surface area contributed by atoms with Crippen LogP contribution in [0.25, 0.3) is 0 Å². The fourth-order valence-electron chi connectivity index (χ4n) is 1.25. The summed E-state index contributed by atoms with van der Waals surface area (Å²) in [7, 11) is 0. The lowest BCUT2D eigenvalue weighted by molar-refractivity contribution is -0.385. The summed E-state index contributed by atoms with van der Waals surface area (Å²) >= 11 is 5.79. The average Bonchev–Trinajstić information content (AvgIpc) is 2.15. The van der Waals surface area contributed by atoms with Crippen LogP contribution in [0.1, 0.15) is 18.9 Å². The van der Waals surface area contributed by atoms with Gasteiger partial charge >= 0.3 is 0 Å². The summed E-state index contributed by atoms with van der Waals surface area (Å²) in [6.07, 6.45) is 1.41. The normalized spacial score (nSPS) is 12.4. The number of hydrogen-bond donors (Lipinski definition) is 0. The topological polar surface area (TPSA) is 43.1 Å². The van der Waals surface area contributed by atoms with Gasteiger partial charge in [-0.25, -0.2) is 0 Å². The number of aryl methyl sites for hydroxylation is 1. The van der Waals surface area contributed by atoms with Gasteiger partial charge in [-0.15, -0.1) is 11.6 Å². The number of rotatable bonds is 4. The minimum Gasteiger partial charge on any atom is -0.258 e. The van der Waals surface area contributed by atoms with Crippen LogP contribution in [0.5, 0.6) is 0 Å². The van der Waals surface area contributed by atoms with Crippen molar-refractivity contribution in [3.05, 3.63) is 39.9 Å². The molecule has 0 fully saturated rings. The molecule has 1 atom stereocenters. The lowest BCUT2D eigenvalue weighted by Crippen LogP contribution is -1.99. The van der Waals surface area contributed by atoms with Crippen LogP contribution in [0.15, 0.2) is 24.3 Å². The SMILES string of the molecule is CC(Cl)CCc1ccccc1[N+](=O)[O-]. The lowest BCUT2D eigenvalue weighted by atomic mass is 10.1. The molecule has 0 aliphatic carbocycles. The standard InChI is InChI=1S/C10H12ClNO2/c1-8(11)6-7-9-4-2-3-5-10(9)12(13)14/h2-5,8H,6-7H2,1H3. The summed E-state index contributed by atoms with van der Waals surface area (Å²) in [5.74, 6) is 0. The van der Waals surface area contributed by atoms with E-state index in [9.17, 15) is 10.1 Å². The molecule has 0 saturated heterocycles. The molecule has 14 heavy (non-hydrogen) atoms. The molecule has 0 saturated carbocycles. The number of alkyl halides is 1. The third-order valence-corrected chi connectivity index (χ3v) is 2.22. The van der Waals surface area contributed by atoms with Gasteiger partial charge in [0.25, 0.3) is 5.69 Å². The van der Waals surface area contributed by atoms with E-state index in [2.05, 4.69) is 0 Å². The number of benzene rings is 1. The molecule has 0 heterocycles. The van der Waals surface area contributed by atoms with Gasteiger partial charge in [-0.3, -0.25) is 10.1 Å². The molecular formula is C10H12ClNO2. The minimum absolute atomic E-state index is 0.0508. The summed E-state index contributed by atoms with van der Waals surface area (Å²) in [5, 5.41) is 10.7. The highest BCUT2D eigenvalue weighted by molar-refractivity contribution is 6.20. The quantitative estimate of drug-likeness (QED) is 0.438. The zero-order valence-electron chi connectivity index (χ0n) is 7.94. The largest absolute Gasteiger partial charge is 0.272 e. The molecule has 0 spiro atoms. The van der Waals surface area contributed by atoms with E-state index in [0.29, 0.717) is 6.42 Å². The first kappa shape index (κ1) is 11.0. The summed E-state index contributed by atoms with van der Waals surface area (Å²) in [6.45, 7) is 1.89. The van der Waals surface area contributed by atoms with Crippen LogP contribution in [-0.2, 0) is 6.42 Å². The lowest BCUT2D eigenvalue weighted by Gasteiger charge is -2.03. The molecule has 1 aromatic rings. The van der Waals surface area contributed by atoms with Crippen molar-refractivity contribution in [1.29, 1.82) is 0 Å². The third-order valence-electron chi connectivity index (χ3n) is 2.00. The van der Waals surface area contributed by atoms with Crippen molar-refractivity contribution in [3.8, 4) is 0 Å². The van der Waals surface area contributed by atoms with Crippen LogP contribution in [0.3, 0.4) is 0 Å². The number of nitrogens with zero attached hydrogens (tertiary/aromatic N) is 1. The zero-order valence-corrected chi connectivity index (χ0v) is 8.70. The van der Waals surface area contributed by atoms with E-state index in [0.717, 1.165) is 12.0 Å². The van der Waals surface area contributed by atoms with E-state index in [1.165, 1.54) is 6.07 Å². The molecule has 0 amide bonds. The summed E-state index contributed by atoms with van der Waals surface area (Å²) < 4.78 is 0. The number of para-hydroxylation sites is 1. The van der Waals surface area contributed by atoms with Crippen LogP contribution in [0, 0.1) is 10.1 Å². The van der Waals surface area contributed by atoms with Gasteiger partial charge in [0.15, 0.2) is 0 Å². The fourth-order valence-corrected chi connectivity index (χ4v) is 1.36. The Labute approximate surface area is 87.8 Å². The Bertz CT molecular complexity index is 326. The smallest absolute Gasteiger partial charge is 0.258 e. The van der Waals surface area contributed by atoms with Gasteiger partial charge in [0.2, 0.25) is 0 Å². The minimum atomic E-state index is -0.353. The van der Waals surface area contributed by atoms with E-state index in [4.69, 9.17) is 11.6 Å². The van der Waals surface area contributed by atoms with Crippen LogP contribution >= 0.6 is 11.6 Å². The van der Waals surface area contributed by atoms with Crippen LogP contribution in [0.2, 0.25) is 0 Å². The second-order valence-electron chi connectivity index (χ2n) is 3.21. The van der Waals surface area contributed by atoms with E-state index in [1.807, 2.05) is 6.92 Å². The predicted molar refractivity (Wildman–Crippen MR) is 56.7 cm³/mol. The van der Waals surface area contributed by atoms with Crippen LogP contribution in [-0.4, -0.2) is 10.3 Å². The maximum absolute atomic E-state index is 10.6. The molecule has 0 radical (unpaired) electrons. The van der Waals surface area contributed by atoms with Crippen molar-refractivity contribution < 1.29 is 4.92 Å². The molecule has 1 unspecified atom stereocenters. The van der Waals surface area contributed by atoms with Gasteiger partial charge in [0, 0.05) is 17.0 Å². The van der Waals surface area contributed by atoms with Crippen molar-refractivity contribution in [1.82, 2.24) is 0 Å². The van der Waals surface area contributed by atoms with Gasteiger partial charge < -0.3 is 0 Å². The Morgan fingerprint density at radius 3 is 2.71 bits per heavy atom. The predicted octanol–water partition coefficient (Wildman–Crippen LogP) is 3.15. The van der Waals surface area contributed by atoms with E-state index >= 15 is 0 Å². The molecule has 0 aliphatic rings. The van der Waals surface area contributed by atoms with Crippen molar-refractivity contribution >= 4 is 17.3 Å². The van der Waals surface area contributed by atoms with Crippen LogP contribution < -0.4 is 0 Å². The van der Waals surface area contributed by atoms with E-state index < -0.39 is 0 Å². The summed E-state index contributed by atoms with van der Waals surface area (Å²) in [5.41, 5.74) is 0.940. The summed E-state index contributed by atoms with van der Waals surface area (Å²) in [6, 6.07) is 6.78. The summed E-state index contributed by atoms with van der Waals surface area (Å²) in [4.78, 5) is 10.3. The van der Waals surface area contributed by atoms with Crippen molar-refractivity contribution in [3.63, 3.8) is 0 Å². The highest BCUT2D eigenvalue weighted by Gasteiger charge is 2.12. The van der Waals surface area contributed by atoms with Crippen LogP contribution in [0.4, 0.5) is 5.69 Å². The molecule has 0 aromatic heterocycles. The van der Waals surface area contributed by atoms with Gasteiger partial charge in [0.1, 0.15) is 0 Å².